The first-order valence-corrected chi connectivity index (χ1v) is 25.8. The van der Waals surface area contributed by atoms with Crippen LogP contribution in [-0.4, -0.2) is 65.7 Å². The van der Waals surface area contributed by atoms with Crippen LogP contribution in [0.2, 0.25) is 0 Å². The number of aliphatic hydroxyl groups is 2. The second kappa shape index (κ2) is 44.5. The second-order valence-corrected chi connectivity index (χ2v) is 17.9. The average Bonchev–Trinajstić information content (AvgIpc) is 3.22. The number of rotatable bonds is 46. The number of ether oxygens (including phenoxy) is 2. The molecule has 0 radical (unpaired) electrons. The Labute approximate surface area is 361 Å². The van der Waals surface area contributed by atoms with Gasteiger partial charge in [0.25, 0.3) is 0 Å². The van der Waals surface area contributed by atoms with E-state index in [1.165, 1.54) is 141 Å². The third kappa shape index (κ3) is 42.9. The van der Waals surface area contributed by atoms with Gasteiger partial charge in [-0.1, -0.05) is 179 Å². The Hall–Kier alpha value is -1.55. The highest BCUT2D eigenvalue weighted by molar-refractivity contribution is 7.47. The first-order valence-electron chi connectivity index (χ1n) is 24.3. The van der Waals surface area contributed by atoms with Crippen LogP contribution in [-0.2, 0) is 32.7 Å². The number of unbranched alkanes of at least 4 members (excludes halogenated alkanes) is 28. The van der Waals surface area contributed by atoms with Crippen molar-refractivity contribution in [3.63, 3.8) is 0 Å². The van der Waals surface area contributed by atoms with Crippen LogP contribution in [0.15, 0.2) is 24.3 Å². The molecule has 0 aromatic heterocycles. The van der Waals surface area contributed by atoms with Gasteiger partial charge in [0.15, 0.2) is 0 Å². The van der Waals surface area contributed by atoms with E-state index in [9.17, 15) is 29.3 Å². The normalized spacial score (nSPS) is 13.9. The Morgan fingerprint density at radius 3 is 0.966 bits per heavy atom. The van der Waals surface area contributed by atoms with Gasteiger partial charge in [0.2, 0.25) is 0 Å². The molecule has 2 atom stereocenters. The minimum Gasteiger partial charge on any atom is -0.457 e. The van der Waals surface area contributed by atoms with Crippen molar-refractivity contribution in [2.75, 3.05) is 26.4 Å². The minimum absolute atomic E-state index is 0.189. The van der Waals surface area contributed by atoms with Gasteiger partial charge in [-0.2, -0.15) is 0 Å². The van der Waals surface area contributed by atoms with E-state index >= 15 is 0 Å². The number of hydrogen-bond donors (Lipinski definition) is 3. The molecule has 0 rings (SSSR count). The summed E-state index contributed by atoms with van der Waals surface area (Å²) in [5.74, 6) is -1.02. The van der Waals surface area contributed by atoms with Crippen LogP contribution in [0.1, 0.15) is 232 Å². The summed E-state index contributed by atoms with van der Waals surface area (Å²) in [6, 6.07) is 0. The number of carbonyl (C=O) groups excluding carboxylic acids is 2. The van der Waals surface area contributed by atoms with Gasteiger partial charge in [0.05, 0.1) is 26.4 Å². The maximum absolute atomic E-state index is 12.4. The molecule has 0 fully saturated rings. The van der Waals surface area contributed by atoms with Gasteiger partial charge >= 0.3 is 19.8 Å². The number of phosphoric ester groups is 1. The summed E-state index contributed by atoms with van der Waals surface area (Å²) in [7, 11) is -4.64. The molecule has 0 amide bonds. The van der Waals surface area contributed by atoms with E-state index in [1.54, 1.807) is 0 Å². The smallest absolute Gasteiger partial charge is 0.457 e. The molecular formula is C48H91O10P. The molecular weight excluding hydrogens is 767 g/mol. The van der Waals surface area contributed by atoms with E-state index in [0.717, 1.165) is 51.4 Å². The topological polar surface area (TPSA) is 149 Å². The monoisotopic (exact) mass is 859 g/mol. The lowest BCUT2D eigenvalue weighted by molar-refractivity contribution is -0.153. The standard InChI is InChI=1S/C48H91O10P/c1-3-5-7-9-11-13-15-17-19-21-23-25-27-29-31-33-35-37-39-47(51)57-45(41-49)43-55-59(53,54)56-44-46(42-50)58-48(52)40-38-36-34-32-30-28-26-24-22-20-18-16-14-12-10-8-6-4-2/h19-22,45-46,49-50H,3-18,23-44H2,1-2H3,(H,53,54)/b21-19-,22-20-. The Morgan fingerprint density at radius 1 is 0.441 bits per heavy atom. The van der Waals surface area contributed by atoms with E-state index in [1.807, 2.05) is 0 Å². The Kier molecular flexibility index (Phi) is 43.3. The Balaban J connectivity index is 3.87. The van der Waals surface area contributed by atoms with Crippen molar-refractivity contribution < 1.29 is 47.8 Å². The fourth-order valence-corrected chi connectivity index (χ4v) is 7.65. The SMILES string of the molecule is CCCCCCCCC/C=C\CCCCCCCCCC(=O)OC(CO)COP(=O)(O)OCC(CO)OC(=O)CCCCCCCCC/C=C\CCCCCCCCC. The van der Waals surface area contributed by atoms with Gasteiger partial charge < -0.3 is 24.6 Å². The zero-order chi connectivity index (χ0) is 43.3. The molecule has 0 saturated carbocycles. The highest BCUT2D eigenvalue weighted by Gasteiger charge is 2.27. The zero-order valence-electron chi connectivity index (χ0n) is 38.0. The summed E-state index contributed by atoms with van der Waals surface area (Å²) in [6.45, 7) is 2.23. The zero-order valence-corrected chi connectivity index (χ0v) is 38.9. The number of allylic oxidation sites excluding steroid dienone is 4. The second-order valence-electron chi connectivity index (χ2n) is 16.4. The van der Waals surface area contributed by atoms with Gasteiger partial charge in [0.1, 0.15) is 12.2 Å². The van der Waals surface area contributed by atoms with Crippen molar-refractivity contribution in [3.05, 3.63) is 24.3 Å². The van der Waals surface area contributed by atoms with E-state index in [-0.39, 0.29) is 12.8 Å². The van der Waals surface area contributed by atoms with Crippen molar-refractivity contribution in [1.82, 2.24) is 0 Å². The summed E-state index contributed by atoms with van der Waals surface area (Å²) < 4.78 is 32.7. The van der Waals surface area contributed by atoms with Gasteiger partial charge in [-0.3, -0.25) is 18.6 Å². The summed E-state index contributed by atoms with van der Waals surface area (Å²) in [6.07, 6.45) is 45.7. The lowest BCUT2D eigenvalue weighted by Gasteiger charge is -2.20. The van der Waals surface area contributed by atoms with Crippen molar-refractivity contribution in [2.24, 2.45) is 0 Å². The molecule has 348 valence electrons. The maximum Gasteiger partial charge on any atom is 0.472 e. The van der Waals surface area contributed by atoms with Crippen molar-refractivity contribution in [3.8, 4) is 0 Å². The number of hydrogen-bond acceptors (Lipinski definition) is 9. The molecule has 2 unspecified atom stereocenters. The van der Waals surface area contributed by atoms with Crippen LogP contribution in [0.25, 0.3) is 0 Å². The molecule has 11 heteroatoms. The Morgan fingerprint density at radius 2 is 0.695 bits per heavy atom. The molecule has 10 nitrogen and oxygen atoms in total. The maximum atomic E-state index is 12.4. The fraction of sp³-hybridized carbons (Fsp3) is 0.875. The van der Waals surface area contributed by atoms with Gasteiger partial charge in [-0.15, -0.1) is 0 Å². The molecule has 0 aliphatic heterocycles. The molecule has 0 aromatic carbocycles. The quantitative estimate of drug-likeness (QED) is 0.0234. The fourth-order valence-electron chi connectivity index (χ4n) is 6.87. The van der Waals surface area contributed by atoms with Crippen LogP contribution in [0.3, 0.4) is 0 Å². The lowest BCUT2D eigenvalue weighted by Crippen LogP contribution is -2.28. The lowest BCUT2D eigenvalue weighted by atomic mass is 10.1. The van der Waals surface area contributed by atoms with Crippen molar-refractivity contribution in [2.45, 2.75) is 244 Å². The van der Waals surface area contributed by atoms with Crippen molar-refractivity contribution in [1.29, 1.82) is 0 Å². The minimum atomic E-state index is -4.64. The van der Waals surface area contributed by atoms with Crippen LogP contribution in [0.4, 0.5) is 0 Å². The largest absolute Gasteiger partial charge is 0.472 e. The van der Waals surface area contributed by atoms with Crippen LogP contribution in [0, 0.1) is 0 Å². The summed E-state index contributed by atoms with van der Waals surface area (Å²) in [4.78, 5) is 34.6. The predicted octanol–water partition coefficient (Wildman–Crippen LogP) is 13.3. The Bertz CT molecular complexity index is 959. The summed E-state index contributed by atoms with van der Waals surface area (Å²) >= 11 is 0. The van der Waals surface area contributed by atoms with Crippen LogP contribution < -0.4 is 0 Å². The number of carbonyl (C=O) groups is 2. The summed E-state index contributed by atoms with van der Waals surface area (Å²) in [5, 5.41) is 19.2. The van der Waals surface area contributed by atoms with Crippen LogP contribution in [0.5, 0.6) is 0 Å². The van der Waals surface area contributed by atoms with Crippen LogP contribution >= 0.6 is 7.82 Å². The molecule has 0 heterocycles. The third-order valence-electron chi connectivity index (χ3n) is 10.6. The molecule has 3 N–H and O–H groups in total. The number of aliphatic hydroxyl groups excluding tert-OH is 2. The van der Waals surface area contributed by atoms with E-state index in [4.69, 9.17) is 18.5 Å². The number of phosphoric acid groups is 1. The average molecular weight is 859 g/mol. The van der Waals surface area contributed by atoms with E-state index in [2.05, 4.69) is 38.2 Å². The van der Waals surface area contributed by atoms with Gasteiger partial charge in [0, 0.05) is 12.8 Å². The first-order chi connectivity index (χ1) is 28.8. The van der Waals surface area contributed by atoms with E-state index in [0.29, 0.717) is 12.8 Å². The first kappa shape index (κ1) is 57.4. The molecule has 0 aliphatic rings. The molecule has 59 heavy (non-hydrogen) atoms. The van der Waals surface area contributed by atoms with Gasteiger partial charge in [-0.05, 0) is 64.2 Å². The highest BCUT2D eigenvalue weighted by atomic mass is 31.2. The van der Waals surface area contributed by atoms with Gasteiger partial charge in [-0.25, -0.2) is 4.57 Å². The molecule has 0 bridgehead atoms. The third-order valence-corrected chi connectivity index (χ3v) is 11.6. The predicted molar refractivity (Wildman–Crippen MR) is 242 cm³/mol. The summed E-state index contributed by atoms with van der Waals surface area (Å²) in [5.41, 5.74) is 0. The molecule has 0 aliphatic carbocycles. The molecule has 0 spiro atoms. The molecule has 0 aromatic rings. The highest BCUT2D eigenvalue weighted by Crippen LogP contribution is 2.43. The number of esters is 2. The van der Waals surface area contributed by atoms with Crippen molar-refractivity contribution >= 4 is 19.8 Å². The molecule has 0 saturated heterocycles. The van der Waals surface area contributed by atoms with E-state index < -0.39 is 58.4 Å².